The molecule has 5 heteroatoms. The van der Waals surface area contributed by atoms with Crippen molar-refractivity contribution in [2.24, 2.45) is 0 Å². The number of hydrogen-bond acceptors (Lipinski definition) is 4. The number of carbonyl (C=O) groups excluding carboxylic acids is 2. The third kappa shape index (κ3) is 3.97. The second-order valence-electron chi connectivity index (χ2n) is 5.27. The summed E-state index contributed by atoms with van der Waals surface area (Å²) in [4.78, 5) is 23.2. The molecule has 1 N–H and O–H groups in total. The van der Waals surface area contributed by atoms with Crippen molar-refractivity contribution in [1.29, 1.82) is 0 Å². The fourth-order valence-corrected chi connectivity index (χ4v) is 2.49. The van der Waals surface area contributed by atoms with Crippen LogP contribution < -0.4 is 14.8 Å². The molecule has 0 spiro atoms. The summed E-state index contributed by atoms with van der Waals surface area (Å²) in [7, 11) is 1.53. The van der Waals surface area contributed by atoms with Gasteiger partial charge in [0, 0.05) is 6.04 Å². The molecule has 2 rings (SSSR count). The molecule has 5 nitrogen and oxygen atoms in total. The number of rotatable bonds is 6. The summed E-state index contributed by atoms with van der Waals surface area (Å²) in [6.45, 7) is 1.68. The van der Waals surface area contributed by atoms with Crippen molar-refractivity contribution < 1.29 is 19.1 Å². The van der Waals surface area contributed by atoms with Crippen LogP contribution in [0.3, 0.4) is 0 Å². The molecule has 0 bridgehead atoms. The number of carbonyl (C=O) groups is 2. The highest BCUT2D eigenvalue weighted by Gasteiger charge is 2.22. The highest BCUT2D eigenvalue weighted by molar-refractivity contribution is 5.83. The molecule has 1 saturated carbocycles. The lowest BCUT2D eigenvalue weighted by atomic mass is 10.2. The molecule has 1 aliphatic rings. The third-order valence-corrected chi connectivity index (χ3v) is 3.72. The van der Waals surface area contributed by atoms with Crippen molar-refractivity contribution in [3.8, 4) is 11.5 Å². The van der Waals surface area contributed by atoms with E-state index in [1.165, 1.54) is 7.11 Å². The molecular weight excluding hydrogens is 270 g/mol. The Balaban J connectivity index is 1.99. The summed E-state index contributed by atoms with van der Waals surface area (Å²) >= 11 is 0. The summed E-state index contributed by atoms with van der Waals surface area (Å²) < 4.78 is 10.7. The van der Waals surface area contributed by atoms with Gasteiger partial charge in [0.05, 0.1) is 12.7 Å². The molecule has 1 fully saturated rings. The first-order chi connectivity index (χ1) is 10.1. The number of ether oxygens (including phenoxy) is 2. The van der Waals surface area contributed by atoms with Crippen LogP contribution in [-0.4, -0.2) is 31.4 Å². The Bertz CT molecular complexity index is 509. The van der Waals surface area contributed by atoms with Crippen LogP contribution >= 0.6 is 0 Å². The van der Waals surface area contributed by atoms with Crippen molar-refractivity contribution >= 4 is 12.2 Å². The van der Waals surface area contributed by atoms with Gasteiger partial charge in [-0.15, -0.1) is 0 Å². The van der Waals surface area contributed by atoms with Crippen LogP contribution in [0.4, 0.5) is 0 Å². The zero-order valence-electron chi connectivity index (χ0n) is 12.4. The number of amides is 1. The van der Waals surface area contributed by atoms with E-state index in [1.54, 1.807) is 25.1 Å². The van der Waals surface area contributed by atoms with E-state index in [0.29, 0.717) is 23.3 Å². The molecule has 1 aromatic rings. The van der Waals surface area contributed by atoms with E-state index in [-0.39, 0.29) is 11.9 Å². The van der Waals surface area contributed by atoms with Gasteiger partial charge in [-0.3, -0.25) is 9.59 Å². The molecule has 21 heavy (non-hydrogen) atoms. The van der Waals surface area contributed by atoms with Crippen molar-refractivity contribution in [2.75, 3.05) is 7.11 Å². The highest BCUT2D eigenvalue weighted by atomic mass is 16.5. The van der Waals surface area contributed by atoms with E-state index in [0.717, 1.165) is 25.7 Å². The minimum Gasteiger partial charge on any atom is -0.497 e. The van der Waals surface area contributed by atoms with Gasteiger partial charge in [-0.2, -0.15) is 0 Å². The van der Waals surface area contributed by atoms with Crippen LogP contribution in [0.15, 0.2) is 18.2 Å². The summed E-state index contributed by atoms with van der Waals surface area (Å²) in [5.74, 6) is 0.821. The van der Waals surface area contributed by atoms with Gasteiger partial charge >= 0.3 is 0 Å². The minimum atomic E-state index is -0.641. The number of methoxy groups -OCH3 is 1. The molecule has 0 aliphatic heterocycles. The second-order valence-corrected chi connectivity index (χ2v) is 5.27. The average Bonchev–Trinajstić information content (AvgIpc) is 3.00. The molecule has 0 radical (unpaired) electrons. The highest BCUT2D eigenvalue weighted by Crippen LogP contribution is 2.24. The van der Waals surface area contributed by atoms with Crippen LogP contribution in [0.1, 0.15) is 43.0 Å². The summed E-state index contributed by atoms with van der Waals surface area (Å²) in [6.07, 6.45) is 4.43. The molecular formula is C16H21NO4. The number of aldehydes is 1. The minimum absolute atomic E-state index is 0.144. The number of nitrogens with one attached hydrogen (secondary N) is 1. The number of hydrogen-bond donors (Lipinski definition) is 1. The summed E-state index contributed by atoms with van der Waals surface area (Å²) in [5, 5.41) is 2.98. The Kier molecular flexibility index (Phi) is 5.20. The predicted molar refractivity (Wildman–Crippen MR) is 78.9 cm³/mol. The van der Waals surface area contributed by atoms with Crippen molar-refractivity contribution in [1.82, 2.24) is 5.32 Å². The Labute approximate surface area is 124 Å². The van der Waals surface area contributed by atoms with E-state index < -0.39 is 6.10 Å². The first-order valence-corrected chi connectivity index (χ1v) is 7.24. The van der Waals surface area contributed by atoms with Crippen LogP contribution in [0.5, 0.6) is 11.5 Å². The maximum absolute atomic E-state index is 12.1. The maximum Gasteiger partial charge on any atom is 0.260 e. The maximum atomic E-state index is 12.1. The Morgan fingerprint density at radius 2 is 2.10 bits per heavy atom. The van der Waals surface area contributed by atoms with Gasteiger partial charge in [0.25, 0.3) is 5.91 Å². The van der Waals surface area contributed by atoms with Gasteiger partial charge in [-0.1, -0.05) is 12.8 Å². The topological polar surface area (TPSA) is 64.6 Å². The van der Waals surface area contributed by atoms with Gasteiger partial charge in [0.15, 0.2) is 12.4 Å². The molecule has 114 valence electrons. The average molecular weight is 291 g/mol. The lowest BCUT2D eigenvalue weighted by Crippen LogP contribution is -2.41. The normalized spacial score (nSPS) is 16.3. The quantitative estimate of drug-likeness (QED) is 0.817. The van der Waals surface area contributed by atoms with Crippen LogP contribution in [0.2, 0.25) is 0 Å². The molecule has 0 unspecified atom stereocenters. The van der Waals surface area contributed by atoms with Crippen molar-refractivity contribution in [3.05, 3.63) is 23.8 Å². The van der Waals surface area contributed by atoms with Crippen LogP contribution in [-0.2, 0) is 4.79 Å². The SMILES string of the molecule is COc1ccc(O[C@H](C)C(=O)NC2CCCC2)c(C=O)c1. The molecule has 1 aliphatic carbocycles. The Hall–Kier alpha value is -2.04. The van der Waals surface area contributed by atoms with Crippen LogP contribution in [0.25, 0.3) is 0 Å². The summed E-state index contributed by atoms with van der Waals surface area (Å²) in [6, 6.07) is 5.18. The smallest absolute Gasteiger partial charge is 0.260 e. The van der Waals surface area contributed by atoms with Gasteiger partial charge in [-0.25, -0.2) is 0 Å². The first-order valence-electron chi connectivity index (χ1n) is 7.24. The Morgan fingerprint density at radius 1 is 1.38 bits per heavy atom. The van der Waals surface area contributed by atoms with E-state index >= 15 is 0 Å². The van der Waals surface area contributed by atoms with Gasteiger partial charge in [0.1, 0.15) is 11.5 Å². The molecule has 0 aromatic heterocycles. The van der Waals surface area contributed by atoms with Gasteiger partial charge < -0.3 is 14.8 Å². The zero-order valence-corrected chi connectivity index (χ0v) is 12.4. The second kappa shape index (κ2) is 7.11. The summed E-state index contributed by atoms with van der Waals surface area (Å²) in [5.41, 5.74) is 0.370. The van der Waals surface area contributed by atoms with Gasteiger partial charge in [-0.05, 0) is 38.0 Å². The molecule has 1 amide bonds. The monoisotopic (exact) mass is 291 g/mol. The molecule has 0 heterocycles. The van der Waals surface area contributed by atoms with Gasteiger partial charge in [0.2, 0.25) is 0 Å². The first kappa shape index (κ1) is 15.4. The van der Waals surface area contributed by atoms with E-state index in [1.807, 2.05) is 0 Å². The fraction of sp³-hybridized carbons (Fsp3) is 0.500. The fourth-order valence-electron chi connectivity index (χ4n) is 2.49. The molecule has 0 saturated heterocycles. The third-order valence-electron chi connectivity index (χ3n) is 3.72. The molecule has 1 atom stereocenters. The predicted octanol–water partition coefficient (Wildman–Crippen LogP) is 2.33. The Morgan fingerprint density at radius 3 is 2.71 bits per heavy atom. The number of benzene rings is 1. The zero-order chi connectivity index (χ0) is 15.2. The molecule has 1 aromatic carbocycles. The lowest BCUT2D eigenvalue weighted by Gasteiger charge is -2.19. The standard InChI is InChI=1S/C16H21NO4/c1-11(16(19)17-13-5-3-4-6-13)21-15-8-7-14(20-2)9-12(15)10-18/h7-11,13H,3-6H2,1-2H3,(H,17,19)/t11-/m1/s1. The van der Waals surface area contributed by atoms with E-state index in [2.05, 4.69) is 5.32 Å². The largest absolute Gasteiger partial charge is 0.497 e. The van der Waals surface area contributed by atoms with Crippen molar-refractivity contribution in [2.45, 2.75) is 44.8 Å². The van der Waals surface area contributed by atoms with Crippen LogP contribution in [0, 0.1) is 0 Å². The lowest BCUT2D eigenvalue weighted by molar-refractivity contribution is -0.127. The van der Waals surface area contributed by atoms with E-state index in [4.69, 9.17) is 9.47 Å². The van der Waals surface area contributed by atoms with E-state index in [9.17, 15) is 9.59 Å². The van der Waals surface area contributed by atoms with Crippen molar-refractivity contribution in [3.63, 3.8) is 0 Å².